The van der Waals surface area contributed by atoms with E-state index in [1.54, 1.807) is 0 Å². The quantitative estimate of drug-likeness (QED) is 0.638. The Kier molecular flexibility index (Phi) is 9.79. The molecule has 0 aromatic rings. The van der Waals surface area contributed by atoms with E-state index in [1.165, 1.54) is 19.5 Å². The van der Waals surface area contributed by atoms with E-state index in [-0.39, 0.29) is 0 Å². The number of rotatable bonds is 10. The van der Waals surface area contributed by atoms with E-state index in [9.17, 15) is 0 Å². The fourth-order valence-corrected chi connectivity index (χ4v) is 2.41. The Labute approximate surface area is 108 Å². The summed E-state index contributed by atoms with van der Waals surface area (Å²) >= 11 is 0. The number of nitrogens with two attached hydrogens (primary N) is 1. The third kappa shape index (κ3) is 7.74. The minimum absolute atomic E-state index is 0.307. The van der Waals surface area contributed by atoms with Crippen LogP contribution in [0.15, 0.2) is 0 Å². The molecule has 2 unspecified atom stereocenters. The molecule has 0 aliphatic carbocycles. The molecule has 17 heavy (non-hydrogen) atoms. The molecular formula is C14H33N3. The summed E-state index contributed by atoms with van der Waals surface area (Å²) in [6, 6.07) is 0.915. The summed E-state index contributed by atoms with van der Waals surface area (Å²) in [4.78, 5) is 5.04. The van der Waals surface area contributed by atoms with Crippen LogP contribution in [0.3, 0.4) is 0 Å². The standard InChI is InChI=1S/C14H33N3/c1-6-16(7-2)10-9-11-17(8-3)14(5)12-13(4)15/h13-14H,6-12,15H2,1-5H3. The van der Waals surface area contributed by atoms with Gasteiger partial charge in [0, 0.05) is 12.1 Å². The molecule has 0 amide bonds. The maximum atomic E-state index is 5.87. The second kappa shape index (κ2) is 9.86. The lowest BCUT2D eigenvalue weighted by atomic mass is 10.1. The van der Waals surface area contributed by atoms with Gasteiger partial charge in [-0.2, -0.15) is 0 Å². The Bertz CT molecular complexity index is 167. The van der Waals surface area contributed by atoms with E-state index < -0.39 is 0 Å². The Morgan fingerprint density at radius 1 is 0.941 bits per heavy atom. The van der Waals surface area contributed by atoms with Gasteiger partial charge < -0.3 is 15.5 Å². The van der Waals surface area contributed by atoms with Gasteiger partial charge in [0.05, 0.1) is 0 Å². The van der Waals surface area contributed by atoms with Crippen molar-refractivity contribution in [3.8, 4) is 0 Å². The van der Waals surface area contributed by atoms with E-state index in [1.807, 2.05) is 0 Å². The van der Waals surface area contributed by atoms with Crippen molar-refractivity contribution >= 4 is 0 Å². The molecule has 0 radical (unpaired) electrons. The number of hydrogen-bond acceptors (Lipinski definition) is 3. The van der Waals surface area contributed by atoms with Gasteiger partial charge in [-0.3, -0.25) is 0 Å². The predicted octanol–water partition coefficient (Wildman–Crippen LogP) is 2.17. The predicted molar refractivity (Wildman–Crippen MR) is 77.4 cm³/mol. The van der Waals surface area contributed by atoms with Crippen molar-refractivity contribution in [2.75, 3.05) is 32.7 Å². The highest BCUT2D eigenvalue weighted by molar-refractivity contribution is 4.70. The smallest absolute Gasteiger partial charge is 0.00814 e. The molecule has 0 rings (SSSR count). The molecule has 104 valence electrons. The van der Waals surface area contributed by atoms with Gasteiger partial charge in [-0.15, -0.1) is 0 Å². The highest BCUT2D eigenvalue weighted by Gasteiger charge is 2.13. The van der Waals surface area contributed by atoms with Crippen LogP contribution in [0, 0.1) is 0 Å². The van der Waals surface area contributed by atoms with E-state index in [0.29, 0.717) is 12.1 Å². The van der Waals surface area contributed by atoms with E-state index in [4.69, 9.17) is 5.73 Å². The van der Waals surface area contributed by atoms with Gasteiger partial charge in [0.1, 0.15) is 0 Å². The van der Waals surface area contributed by atoms with Gasteiger partial charge in [-0.1, -0.05) is 20.8 Å². The van der Waals surface area contributed by atoms with Crippen LogP contribution in [0.1, 0.15) is 47.5 Å². The first kappa shape index (κ1) is 16.9. The largest absolute Gasteiger partial charge is 0.328 e. The van der Waals surface area contributed by atoms with Crippen LogP contribution in [-0.2, 0) is 0 Å². The summed E-state index contributed by atoms with van der Waals surface area (Å²) in [6.45, 7) is 17.0. The normalized spacial score (nSPS) is 15.5. The summed E-state index contributed by atoms with van der Waals surface area (Å²) < 4.78 is 0. The lowest BCUT2D eigenvalue weighted by molar-refractivity contribution is 0.187. The average molecular weight is 243 g/mol. The minimum atomic E-state index is 0.307. The van der Waals surface area contributed by atoms with Gasteiger partial charge in [-0.05, 0) is 59.4 Å². The summed E-state index contributed by atoms with van der Waals surface area (Å²) in [5.74, 6) is 0. The summed E-state index contributed by atoms with van der Waals surface area (Å²) in [7, 11) is 0. The van der Waals surface area contributed by atoms with Crippen molar-refractivity contribution < 1.29 is 0 Å². The van der Waals surface area contributed by atoms with Crippen LogP contribution in [0.5, 0.6) is 0 Å². The first-order valence-electron chi connectivity index (χ1n) is 7.27. The van der Waals surface area contributed by atoms with Crippen molar-refractivity contribution in [1.82, 2.24) is 9.80 Å². The first-order chi connectivity index (χ1) is 8.04. The van der Waals surface area contributed by atoms with Crippen molar-refractivity contribution in [2.24, 2.45) is 5.73 Å². The third-order valence-electron chi connectivity index (χ3n) is 3.56. The van der Waals surface area contributed by atoms with Crippen molar-refractivity contribution in [1.29, 1.82) is 0 Å². The first-order valence-corrected chi connectivity index (χ1v) is 7.27. The average Bonchev–Trinajstić information content (AvgIpc) is 2.28. The summed E-state index contributed by atoms with van der Waals surface area (Å²) in [6.07, 6.45) is 2.36. The van der Waals surface area contributed by atoms with E-state index in [0.717, 1.165) is 26.1 Å². The zero-order valence-electron chi connectivity index (χ0n) is 12.6. The fraction of sp³-hybridized carbons (Fsp3) is 1.00. The number of hydrogen-bond donors (Lipinski definition) is 1. The van der Waals surface area contributed by atoms with Crippen LogP contribution in [0.25, 0.3) is 0 Å². The topological polar surface area (TPSA) is 32.5 Å². The van der Waals surface area contributed by atoms with Gasteiger partial charge in [0.15, 0.2) is 0 Å². The molecule has 0 saturated carbocycles. The molecule has 0 fully saturated rings. The fourth-order valence-electron chi connectivity index (χ4n) is 2.41. The second-order valence-electron chi connectivity index (χ2n) is 5.07. The summed E-state index contributed by atoms with van der Waals surface area (Å²) in [5.41, 5.74) is 5.87. The van der Waals surface area contributed by atoms with Crippen LogP contribution in [-0.4, -0.2) is 54.6 Å². The molecule has 2 atom stereocenters. The molecule has 0 heterocycles. The summed E-state index contributed by atoms with van der Waals surface area (Å²) in [5, 5.41) is 0. The molecule has 0 aromatic carbocycles. The molecule has 3 nitrogen and oxygen atoms in total. The van der Waals surface area contributed by atoms with Crippen LogP contribution < -0.4 is 5.73 Å². The monoisotopic (exact) mass is 243 g/mol. The third-order valence-corrected chi connectivity index (χ3v) is 3.56. The lowest BCUT2D eigenvalue weighted by Gasteiger charge is -2.30. The molecule has 0 aromatic heterocycles. The molecule has 0 saturated heterocycles. The zero-order chi connectivity index (χ0) is 13.3. The highest BCUT2D eigenvalue weighted by atomic mass is 15.2. The molecule has 2 N–H and O–H groups in total. The van der Waals surface area contributed by atoms with Gasteiger partial charge in [0.2, 0.25) is 0 Å². The van der Waals surface area contributed by atoms with Gasteiger partial charge >= 0.3 is 0 Å². The molecular weight excluding hydrogens is 210 g/mol. The van der Waals surface area contributed by atoms with Gasteiger partial charge in [0.25, 0.3) is 0 Å². The Morgan fingerprint density at radius 3 is 1.94 bits per heavy atom. The zero-order valence-corrected chi connectivity index (χ0v) is 12.6. The van der Waals surface area contributed by atoms with Crippen LogP contribution in [0.2, 0.25) is 0 Å². The van der Waals surface area contributed by atoms with E-state index >= 15 is 0 Å². The highest BCUT2D eigenvalue weighted by Crippen LogP contribution is 2.06. The van der Waals surface area contributed by atoms with Crippen LogP contribution in [0.4, 0.5) is 0 Å². The molecule has 0 aliphatic heterocycles. The Morgan fingerprint density at radius 2 is 1.53 bits per heavy atom. The number of nitrogens with zero attached hydrogens (tertiary/aromatic N) is 2. The molecule has 0 spiro atoms. The van der Waals surface area contributed by atoms with Gasteiger partial charge in [-0.25, -0.2) is 0 Å². The van der Waals surface area contributed by atoms with E-state index in [2.05, 4.69) is 44.4 Å². The van der Waals surface area contributed by atoms with Crippen LogP contribution >= 0.6 is 0 Å². The Balaban J connectivity index is 3.88. The molecule has 0 aliphatic rings. The lowest BCUT2D eigenvalue weighted by Crippen LogP contribution is -2.38. The minimum Gasteiger partial charge on any atom is -0.328 e. The maximum absolute atomic E-state index is 5.87. The molecule has 0 bridgehead atoms. The SMILES string of the molecule is CCN(CC)CCCN(CC)C(C)CC(C)N. The van der Waals surface area contributed by atoms with Crippen molar-refractivity contribution in [3.63, 3.8) is 0 Å². The Hall–Kier alpha value is -0.120. The van der Waals surface area contributed by atoms with Crippen molar-refractivity contribution in [3.05, 3.63) is 0 Å². The van der Waals surface area contributed by atoms with Crippen molar-refractivity contribution in [2.45, 2.75) is 59.5 Å². The maximum Gasteiger partial charge on any atom is 0.00814 e. The second-order valence-corrected chi connectivity index (χ2v) is 5.07. The molecule has 3 heteroatoms.